The first-order valence-corrected chi connectivity index (χ1v) is 6.71. The molecule has 20 heavy (non-hydrogen) atoms. The van der Waals surface area contributed by atoms with Crippen molar-refractivity contribution in [3.8, 4) is 0 Å². The predicted molar refractivity (Wildman–Crippen MR) is 73.8 cm³/mol. The van der Waals surface area contributed by atoms with Crippen molar-refractivity contribution in [2.75, 3.05) is 0 Å². The molecule has 0 bridgehead atoms. The normalized spacial score (nSPS) is 14.4. The first-order chi connectivity index (χ1) is 9.65. The number of rotatable bonds is 5. The molecule has 0 amide bonds. The lowest BCUT2D eigenvalue weighted by Crippen LogP contribution is -2.24. The van der Waals surface area contributed by atoms with Gasteiger partial charge in [0.25, 0.3) is 0 Å². The van der Waals surface area contributed by atoms with E-state index in [0.717, 1.165) is 24.0 Å². The Bertz CT molecular complexity index is 695. The predicted octanol–water partition coefficient (Wildman–Crippen LogP) is 1.66. The van der Waals surface area contributed by atoms with Gasteiger partial charge in [-0.15, -0.1) is 0 Å². The molecule has 5 nitrogen and oxygen atoms in total. The van der Waals surface area contributed by atoms with Crippen LogP contribution >= 0.6 is 0 Å². The van der Waals surface area contributed by atoms with Crippen molar-refractivity contribution in [1.29, 1.82) is 0 Å². The minimum atomic E-state index is -0.861. The maximum atomic E-state index is 12.2. The number of nitrogens with zero attached hydrogens (tertiary/aromatic N) is 2. The van der Waals surface area contributed by atoms with Gasteiger partial charge in [-0.2, -0.15) is 0 Å². The molecule has 2 aromatic rings. The van der Waals surface area contributed by atoms with Crippen molar-refractivity contribution >= 4 is 5.97 Å². The lowest BCUT2D eigenvalue weighted by Gasteiger charge is -2.08. The summed E-state index contributed by atoms with van der Waals surface area (Å²) in [6.07, 6.45) is 5.71. The summed E-state index contributed by atoms with van der Waals surface area (Å²) in [6.45, 7) is 0.419. The SMILES string of the molecule is O=C(O)Cc1ccccc1Cn1ccn(C2CC2)c1=O. The van der Waals surface area contributed by atoms with E-state index in [9.17, 15) is 9.59 Å². The third-order valence-corrected chi connectivity index (χ3v) is 3.61. The van der Waals surface area contributed by atoms with Crippen molar-refractivity contribution in [2.24, 2.45) is 0 Å². The zero-order valence-corrected chi connectivity index (χ0v) is 11.0. The fourth-order valence-electron chi connectivity index (χ4n) is 2.41. The average molecular weight is 272 g/mol. The van der Waals surface area contributed by atoms with E-state index in [1.54, 1.807) is 21.4 Å². The molecule has 1 aliphatic carbocycles. The van der Waals surface area contributed by atoms with Crippen molar-refractivity contribution < 1.29 is 9.90 Å². The fourth-order valence-corrected chi connectivity index (χ4v) is 2.41. The van der Waals surface area contributed by atoms with Crippen molar-refractivity contribution in [3.63, 3.8) is 0 Å². The van der Waals surface area contributed by atoms with Gasteiger partial charge in [-0.05, 0) is 24.0 Å². The summed E-state index contributed by atoms with van der Waals surface area (Å²) in [5.74, 6) is -0.861. The number of carbonyl (C=O) groups is 1. The quantitative estimate of drug-likeness (QED) is 0.900. The number of hydrogen-bond donors (Lipinski definition) is 1. The molecule has 5 heteroatoms. The second kappa shape index (κ2) is 5.00. The Morgan fingerprint density at radius 2 is 1.90 bits per heavy atom. The molecule has 0 saturated heterocycles. The highest BCUT2D eigenvalue weighted by Gasteiger charge is 2.25. The van der Waals surface area contributed by atoms with E-state index in [-0.39, 0.29) is 12.1 Å². The molecule has 0 unspecified atom stereocenters. The molecule has 1 heterocycles. The van der Waals surface area contributed by atoms with Gasteiger partial charge in [0.1, 0.15) is 0 Å². The van der Waals surface area contributed by atoms with Gasteiger partial charge in [-0.3, -0.25) is 13.9 Å². The molecular weight excluding hydrogens is 256 g/mol. The van der Waals surface area contributed by atoms with E-state index in [0.29, 0.717) is 12.6 Å². The van der Waals surface area contributed by atoms with Gasteiger partial charge < -0.3 is 5.11 Å². The second-order valence-electron chi connectivity index (χ2n) is 5.19. The minimum Gasteiger partial charge on any atom is -0.481 e. The molecule has 104 valence electrons. The summed E-state index contributed by atoms with van der Waals surface area (Å²) in [6, 6.07) is 7.72. The van der Waals surface area contributed by atoms with E-state index >= 15 is 0 Å². The molecular formula is C15H16N2O3. The zero-order chi connectivity index (χ0) is 14.1. The van der Waals surface area contributed by atoms with E-state index in [1.165, 1.54) is 0 Å². The third kappa shape index (κ3) is 2.52. The van der Waals surface area contributed by atoms with Crippen LogP contribution in [0.4, 0.5) is 0 Å². The second-order valence-corrected chi connectivity index (χ2v) is 5.19. The van der Waals surface area contributed by atoms with E-state index < -0.39 is 5.97 Å². The molecule has 0 aliphatic heterocycles. The molecule has 1 aromatic heterocycles. The lowest BCUT2D eigenvalue weighted by atomic mass is 10.0. The van der Waals surface area contributed by atoms with Crippen LogP contribution in [0, 0.1) is 0 Å². The zero-order valence-electron chi connectivity index (χ0n) is 11.0. The molecule has 0 radical (unpaired) electrons. The minimum absolute atomic E-state index is 0.0161. The van der Waals surface area contributed by atoms with Gasteiger partial charge >= 0.3 is 11.7 Å². The summed E-state index contributed by atoms with van der Waals surface area (Å²) in [7, 11) is 0. The number of carboxylic acids is 1. The van der Waals surface area contributed by atoms with Gasteiger partial charge in [0.2, 0.25) is 0 Å². The molecule has 1 saturated carbocycles. The standard InChI is InChI=1S/C15H16N2O3/c18-14(19)9-11-3-1-2-4-12(11)10-16-7-8-17(15(16)20)13-5-6-13/h1-4,7-8,13H,5-6,9-10H2,(H,18,19). The molecule has 0 spiro atoms. The Kier molecular flexibility index (Phi) is 3.18. The van der Waals surface area contributed by atoms with Crippen LogP contribution in [0.1, 0.15) is 30.0 Å². The highest BCUT2D eigenvalue weighted by atomic mass is 16.4. The lowest BCUT2D eigenvalue weighted by molar-refractivity contribution is -0.136. The summed E-state index contributed by atoms with van der Waals surface area (Å²) in [5.41, 5.74) is 1.62. The summed E-state index contributed by atoms with van der Waals surface area (Å²) >= 11 is 0. The van der Waals surface area contributed by atoms with Crippen molar-refractivity contribution in [2.45, 2.75) is 31.8 Å². The van der Waals surface area contributed by atoms with E-state index in [2.05, 4.69) is 0 Å². The van der Waals surface area contributed by atoms with Gasteiger partial charge in [0.15, 0.2) is 0 Å². The highest BCUT2D eigenvalue weighted by molar-refractivity contribution is 5.70. The smallest absolute Gasteiger partial charge is 0.328 e. The van der Waals surface area contributed by atoms with Gasteiger partial charge in [-0.1, -0.05) is 24.3 Å². The van der Waals surface area contributed by atoms with Crippen LogP contribution in [0.15, 0.2) is 41.5 Å². The third-order valence-electron chi connectivity index (χ3n) is 3.61. The maximum Gasteiger partial charge on any atom is 0.328 e. The number of hydrogen-bond acceptors (Lipinski definition) is 2. The monoisotopic (exact) mass is 272 g/mol. The van der Waals surface area contributed by atoms with Crippen LogP contribution in [0.25, 0.3) is 0 Å². The van der Waals surface area contributed by atoms with Gasteiger partial charge in [0.05, 0.1) is 13.0 Å². The van der Waals surface area contributed by atoms with Crippen molar-refractivity contribution in [1.82, 2.24) is 9.13 Å². The van der Waals surface area contributed by atoms with Crippen LogP contribution in [0.2, 0.25) is 0 Å². The summed E-state index contributed by atoms with van der Waals surface area (Å²) in [5, 5.41) is 8.92. The average Bonchev–Trinajstić information content (AvgIpc) is 3.18. The topological polar surface area (TPSA) is 64.2 Å². The van der Waals surface area contributed by atoms with Crippen LogP contribution in [0.5, 0.6) is 0 Å². The van der Waals surface area contributed by atoms with Gasteiger partial charge in [-0.25, -0.2) is 4.79 Å². The highest BCUT2D eigenvalue weighted by Crippen LogP contribution is 2.33. The molecule has 1 fully saturated rings. The Labute approximate surface area is 116 Å². The molecule has 1 N–H and O–H groups in total. The number of imidazole rings is 1. The van der Waals surface area contributed by atoms with Crippen molar-refractivity contribution in [3.05, 3.63) is 58.3 Å². The summed E-state index contributed by atoms with van der Waals surface area (Å²) in [4.78, 5) is 23.1. The molecule has 1 aromatic carbocycles. The van der Waals surface area contributed by atoms with Gasteiger partial charge in [0, 0.05) is 18.4 Å². The molecule has 1 aliphatic rings. The number of aromatic nitrogens is 2. The fraction of sp³-hybridized carbons (Fsp3) is 0.333. The number of carboxylic acid groups (broad SMARTS) is 1. The number of benzene rings is 1. The Hall–Kier alpha value is -2.30. The molecule has 0 atom stereocenters. The maximum absolute atomic E-state index is 12.2. The molecule has 3 rings (SSSR count). The Balaban J connectivity index is 1.87. The van der Waals surface area contributed by atoms with Crippen LogP contribution in [-0.2, 0) is 17.8 Å². The van der Waals surface area contributed by atoms with E-state index in [1.807, 2.05) is 24.4 Å². The first-order valence-electron chi connectivity index (χ1n) is 6.71. The largest absolute Gasteiger partial charge is 0.481 e. The Morgan fingerprint density at radius 3 is 2.55 bits per heavy atom. The summed E-state index contributed by atoms with van der Waals surface area (Å²) < 4.78 is 3.40. The first kappa shape index (κ1) is 12.7. The van der Waals surface area contributed by atoms with E-state index in [4.69, 9.17) is 5.11 Å². The van der Waals surface area contributed by atoms with Crippen LogP contribution < -0.4 is 5.69 Å². The Morgan fingerprint density at radius 1 is 1.20 bits per heavy atom. The number of aliphatic carboxylic acids is 1. The van der Waals surface area contributed by atoms with Crippen LogP contribution in [-0.4, -0.2) is 20.2 Å². The van der Waals surface area contributed by atoms with Crippen LogP contribution in [0.3, 0.4) is 0 Å².